The SMILES string of the molecule is CCC1(C(=O)O)CCCN(c2ccc(C#N)c(Br)c2F)C1. The minimum atomic E-state index is -0.831. The third kappa shape index (κ3) is 2.75. The van der Waals surface area contributed by atoms with Crippen molar-refractivity contribution in [2.45, 2.75) is 26.2 Å². The molecular weight excluding hydrogens is 339 g/mol. The largest absolute Gasteiger partial charge is 0.481 e. The van der Waals surface area contributed by atoms with E-state index in [4.69, 9.17) is 5.26 Å². The number of halogens is 2. The maximum Gasteiger partial charge on any atom is 0.311 e. The molecule has 1 saturated heterocycles. The van der Waals surface area contributed by atoms with Gasteiger partial charge in [-0.05, 0) is 47.3 Å². The van der Waals surface area contributed by atoms with Gasteiger partial charge in [0, 0.05) is 13.1 Å². The quantitative estimate of drug-likeness (QED) is 0.901. The fourth-order valence-corrected chi connectivity index (χ4v) is 3.25. The van der Waals surface area contributed by atoms with Crippen molar-refractivity contribution < 1.29 is 14.3 Å². The number of piperidine rings is 1. The highest BCUT2D eigenvalue weighted by molar-refractivity contribution is 9.10. The Hall–Kier alpha value is -1.61. The van der Waals surface area contributed by atoms with Crippen molar-refractivity contribution in [2.75, 3.05) is 18.0 Å². The van der Waals surface area contributed by atoms with E-state index in [9.17, 15) is 14.3 Å². The molecular formula is C15H16BrFN2O2. The van der Waals surface area contributed by atoms with E-state index in [1.807, 2.05) is 13.0 Å². The van der Waals surface area contributed by atoms with Gasteiger partial charge in [0.1, 0.15) is 6.07 Å². The van der Waals surface area contributed by atoms with Gasteiger partial charge in [-0.2, -0.15) is 5.26 Å². The Bertz CT molecular complexity index is 614. The summed E-state index contributed by atoms with van der Waals surface area (Å²) in [5, 5.41) is 18.4. The Kier molecular flexibility index (Phi) is 4.52. The second-order valence-corrected chi connectivity index (χ2v) is 6.13. The number of aliphatic carboxylic acids is 1. The van der Waals surface area contributed by atoms with Gasteiger partial charge in [0.05, 0.1) is 21.1 Å². The molecule has 0 aliphatic carbocycles. The third-order valence-corrected chi connectivity index (χ3v) is 5.01. The molecule has 2 rings (SSSR count). The number of carboxylic acids is 1. The number of nitriles is 1. The van der Waals surface area contributed by atoms with E-state index in [1.54, 1.807) is 17.0 Å². The first kappa shape index (κ1) is 15.8. The summed E-state index contributed by atoms with van der Waals surface area (Å²) in [7, 11) is 0. The highest BCUT2D eigenvalue weighted by atomic mass is 79.9. The highest BCUT2D eigenvalue weighted by Gasteiger charge is 2.41. The monoisotopic (exact) mass is 354 g/mol. The van der Waals surface area contributed by atoms with Gasteiger partial charge in [0.15, 0.2) is 5.82 Å². The first-order valence-corrected chi connectivity index (χ1v) is 7.61. The number of nitrogens with zero attached hydrogens (tertiary/aromatic N) is 2. The Morgan fingerprint density at radius 2 is 2.33 bits per heavy atom. The van der Waals surface area contributed by atoms with Gasteiger partial charge < -0.3 is 10.0 Å². The van der Waals surface area contributed by atoms with Crippen molar-refractivity contribution in [3.63, 3.8) is 0 Å². The van der Waals surface area contributed by atoms with Crippen LogP contribution in [0.3, 0.4) is 0 Å². The first-order chi connectivity index (χ1) is 9.95. The minimum absolute atomic E-state index is 0.130. The van der Waals surface area contributed by atoms with Crippen LogP contribution >= 0.6 is 15.9 Å². The molecule has 6 heteroatoms. The van der Waals surface area contributed by atoms with Gasteiger partial charge in [-0.15, -0.1) is 0 Å². The van der Waals surface area contributed by atoms with Crippen LogP contribution in [0.5, 0.6) is 0 Å². The van der Waals surface area contributed by atoms with Crippen LogP contribution in [-0.4, -0.2) is 24.2 Å². The Morgan fingerprint density at radius 3 is 2.90 bits per heavy atom. The van der Waals surface area contributed by atoms with Crippen LogP contribution in [0, 0.1) is 22.6 Å². The van der Waals surface area contributed by atoms with Gasteiger partial charge in [0.2, 0.25) is 0 Å². The number of benzene rings is 1. The van der Waals surface area contributed by atoms with Crippen molar-refractivity contribution in [3.8, 4) is 6.07 Å². The number of anilines is 1. The van der Waals surface area contributed by atoms with Crippen LogP contribution in [0.4, 0.5) is 10.1 Å². The van der Waals surface area contributed by atoms with E-state index in [2.05, 4.69) is 15.9 Å². The molecule has 1 aliphatic heterocycles. The van der Waals surface area contributed by atoms with Crippen molar-refractivity contribution in [2.24, 2.45) is 5.41 Å². The molecule has 1 heterocycles. The van der Waals surface area contributed by atoms with E-state index in [-0.39, 0.29) is 16.6 Å². The van der Waals surface area contributed by atoms with Gasteiger partial charge in [0.25, 0.3) is 0 Å². The lowest BCUT2D eigenvalue weighted by Crippen LogP contribution is -2.48. The van der Waals surface area contributed by atoms with Gasteiger partial charge >= 0.3 is 5.97 Å². The van der Waals surface area contributed by atoms with E-state index < -0.39 is 17.2 Å². The lowest BCUT2D eigenvalue weighted by atomic mass is 9.77. The molecule has 0 spiro atoms. The molecule has 1 N–H and O–H groups in total. The normalized spacial score (nSPS) is 21.9. The second-order valence-electron chi connectivity index (χ2n) is 5.34. The smallest absolute Gasteiger partial charge is 0.311 e. The molecule has 4 nitrogen and oxygen atoms in total. The number of carbonyl (C=O) groups is 1. The van der Waals surface area contributed by atoms with E-state index >= 15 is 0 Å². The number of hydrogen-bond acceptors (Lipinski definition) is 3. The van der Waals surface area contributed by atoms with E-state index in [1.165, 1.54) is 0 Å². The van der Waals surface area contributed by atoms with Gasteiger partial charge in [-0.25, -0.2) is 4.39 Å². The molecule has 1 fully saturated rings. The summed E-state index contributed by atoms with van der Waals surface area (Å²) in [4.78, 5) is 13.3. The zero-order chi connectivity index (χ0) is 15.6. The number of rotatable bonds is 3. The summed E-state index contributed by atoms with van der Waals surface area (Å²) < 4.78 is 14.5. The average Bonchev–Trinajstić information content (AvgIpc) is 2.49. The van der Waals surface area contributed by atoms with Crippen molar-refractivity contribution >= 4 is 27.6 Å². The Labute approximate surface area is 131 Å². The average molecular weight is 355 g/mol. The predicted octanol–water partition coefficient (Wildman–Crippen LogP) is 3.54. The van der Waals surface area contributed by atoms with Crippen molar-refractivity contribution in [1.82, 2.24) is 0 Å². The molecule has 0 amide bonds. The summed E-state index contributed by atoms with van der Waals surface area (Å²) in [6.45, 7) is 2.75. The molecule has 0 saturated carbocycles. The molecule has 21 heavy (non-hydrogen) atoms. The third-order valence-electron chi connectivity index (χ3n) is 4.23. The lowest BCUT2D eigenvalue weighted by Gasteiger charge is -2.40. The predicted molar refractivity (Wildman–Crippen MR) is 80.6 cm³/mol. The molecule has 1 aromatic rings. The molecule has 1 aliphatic rings. The van der Waals surface area contributed by atoms with Crippen LogP contribution in [0.15, 0.2) is 16.6 Å². The summed E-state index contributed by atoms with van der Waals surface area (Å²) in [5.41, 5.74) is -0.252. The first-order valence-electron chi connectivity index (χ1n) is 6.81. The van der Waals surface area contributed by atoms with Crippen molar-refractivity contribution in [3.05, 3.63) is 28.0 Å². The molecule has 1 unspecified atom stereocenters. The number of carboxylic acid groups (broad SMARTS) is 1. The lowest BCUT2D eigenvalue weighted by molar-refractivity contribution is -0.149. The molecule has 1 atom stereocenters. The zero-order valence-corrected chi connectivity index (χ0v) is 13.3. The highest BCUT2D eigenvalue weighted by Crippen LogP contribution is 2.38. The molecule has 1 aromatic carbocycles. The van der Waals surface area contributed by atoms with Gasteiger partial charge in [-0.1, -0.05) is 6.92 Å². The molecule has 0 aromatic heterocycles. The maximum atomic E-state index is 14.4. The molecule has 0 radical (unpaired) electrons. The molecule has 112 valence electrons. The topological polar surface area (TPSA) is 64.3 Å². The fraction of sp³-hybridized carbons (Fsp3) is 0.467. The second kappa shape index (κ2) is 6.02. The van der Waals surface area contributed by atoms with E-state index in [0.717, 1.165) is 0 Å². The van der Waals surface area contributed by atoms with Crippen LogP contribution in [0.25, 0.3) is 0 Å². The number of hydrogen-bond donors (Lipinski definition) is 1. The summed E-state index contributed by atoms with van der Waals surface area (Å²) in [6, 6.07) is 5.01. The van der Waals surface area contributed by atoms with Crippen molar-refractivity contribution in [1.29, 1.82) is 5.26 Å². The standard InChI is InChI=1S/C15H16BrFN2O2/c1-2-15(14(20)21)6-3-7-19(9-15)11-5-4-10(8-18)12(16)13(11)17/h4-5H,2-3,6-7,9H2,1H3,(H,20,21). The summed E-state index contributed by atoms with van der Waals surface area (Å²) >= 11 is 3.09. The molecule has 0 bridgehead atoms. The summed E-state index contributed by atoms with van der Waals surface area (Å²) in [5.74, 6) is -1.34. The van der Waals surface area contributed by atoms with Crippen LogP contribution in [0.2, 0.25) is 0 Å². The van der Waals surface area contributed by atoms with Gasteiger partial charge in [-0.3, -0.25) is 4.79 Å². The Balaban J connectivity index is 2.37. The van der Waals surface area contributed by atoms with E-state index in [0.29, 0.717) is 31.5 Å². The minimum Gasteiger partial charge on any atom is -0.481 e. The van der Waals surface area contributed by atoms with Crippen LogP contribution < -0.4 is 4.90 Å². The van der Waals surface area contributed by atoms with Crippen LogP contribution in [-0.2, 0) is 4.79 Å². The summed E-state index contributed by atoms with van der Waals surface area (Å²) in [6.07, 6.45) is 1.82. The Morgan fingerprint density at radius 1 is 1.62 bits per heavy atom. The fourth-order valence-electron chi connectivity index (χ4n) is 2.82. The van der Waals surface area contributed by atoms with Crippen LogP contribution in [0.1, 0.15) is 31.7 Å². The zero-order valence-electron chi connectivity index (χ0n) is 11.7. The maximum absolute atomic E-state index is 14.4.